The second-order valence-electron chi connectivity index (χ2n) is 5.19. The summed E-state index contributed by atoms with van der Waals surface area (Å²) in [5.74, 6) is 1.57. The van der Waals surface area contributed by atoms with E-state index in [-0.39, 0.29) is 24.0 Å². The Bertz CT molecular complexity index is 719. The van der Waals surface area contributed by atoms with Crippen LogP contribution < -0.4 is 15.4 Å². The molecule has 138 valence electrons. The van der Waals surface area contributed by atoms with Crippen molar-refractivity contribution in [3.63, 3.8) is 0 Å². The normalized spacial score (nSPS) is 11.0. The van der Waals surface area contributed by atoms with Gasteiger partial charge >= 0.3 is 0 Å². The third-order valence-corrected chi connectivity index (χ3v) is 4.39. The maximum absolute atomic E-state index is 6.07. The van der Waals surface area contributed by atoms with Gasteiger partial charge in [0, 0.05) is 26.3 Å². The van der Waals surface area contributed by atoms with Crippen LogP contribution in [0.3, 0.4) is 0 Å². The van der Waals surface area contributed by atoms with Gasteiger partial charge in [0.05, 0.1) is 18.2 Å². The number of aliphatic imine (C=N–C) groups is 1. The van der Waals surface area contributed by atoms with Crippen molar-refractivity contribution in [1.82, 2.24) is 15.2 Å². The number of aromatic nitrogens is 1. The topological polar surface area (TPSA) is 50.6 Å². The quantitative estimate of drug-likeness (QED) is 0.357. The molecular formula is C17H23Cl2IN4O. The summed E-state index contributed by atoms with van der Waals surface area (Å²) in [6.07, 6.45) is 0. The molecule has 2 N–H and O–H groups in total. The molecule has 1 heterocycles. The largest absolute Gasteiger partial charge is 0.494 e. The van der Waals surface area contributed by atoms with Gasteiger partial charge in [-0.05, 0) is 30.7 Å². The van der Waals surface area contributed by atoms with E-state index in [2.05, 4.69) is 15.6 Å². The van der Waals surface area contributed by atoms with E-state index >= 15 is 0 Å². The third kappa shape index (κ3) is 6.27. The number of nitrogens with one attached hydrogen (secondary N) is 2. The molecule has 1 aromatic heterocycles. The molecule has 0 unspecified atom stereocenters. The predicted molar refractivity (Wildman–Crippen MR) is 115 cm³/mol. The van der Waals surface area contributed by atoms with Crippen LogP contribution in [0.2, 0.25) is 10.2 Å². The summed E-state index contributed by atoms with van der Waals surface area (Å²) in [6.45, 7) is 3.84. The van der Waals surface area contributed by atoms with Gasteiger partial charge in [-0.25, -0.2) is 0 Å². The van der Waals surface area contributed by atoms with Gasteiger partial charge in [0.2, 0.25) is 0 Å². The minimum atomic E-state index is 0. The molecule has 25 heavy (non-hydrogen) atoms. The van der Waals surface area contributed by atoms with Crippen LogP contribution in [0.15, 0.2) is 35.3 Å². The Hall–Kier alpha value is -1.12. The lowest BCUT2D eigenvalue weighted by molar-refractivity contribution is 0.340. The van der Waals surface area contributed by atoms with Crippen molar-refractivity contribution in [1.29, 1.82) is 0 Å². The number of guanidine groups is 1. The average molecular weight is 497 g/mol. The number of hydrogen-bond donors (Lipinski definition) is 2. The highest BCUT2D eigenvalue weighted by molar-refractivity contribution is 14.0. The van der Waals surface area contributed by atoms with Gasteiger partial charge in [-0.15, -0.1) is 24.0 Å². The first-order valence-corrected chi connectivity index (χ1v) is 8.46. The minimum Gasteiger partial charge on any atom is -0.494 e. The summed E-state index contributed by atoms with van der Waals surface area (Å²) in [7, 11) is 3.61. The molecule has 0 atom stereocenters. The van der Waals surface area contributed by atoms with Crippen molar-refractivity contribution in [3.05, 3.63) is 51.8 Å². The Morgan fingerprint density at radius 3 is 2.52 bits per heavy atom. The van der Waals surface area contributed by atoms with Crippen LogP contribution in [0.25, 0.3) is 0 Å². The molecule has 0 spiro atoms. The van der Waals surface area contributed by atoms with E-state index < -0.39 is 0 Å². The third-order valence-electron chi connectivity index (χ3n) is 3.55. The van der Waals surface area contributed by atoms with Crippen LogP contribution in [-0.2, 0) is 20.1 Å². The number of hydrogen-bond acceptors (Lipinski definition) is 2. The van der Waals surface area contributed by atoms with Crippen molar-refractivity contribution in [2.75, 3.05) is 13.7 Å². The van der Waals surface area contributed by atoms with Crippen LogP contribution >= 0.6 is 47.2 Å². The molecule has 0 saturated carbocycles. The molecule has 2 rings (SSSR count). The van der Waals surface area contributed by atoms with E-state index in [1.165, 1.54) is 0 Å². The monoisotopic (exact) mass is 496 g/mol. The average Bonchev–Trinajstić information content (AvgIpc) is 2.83. The zero-order chi connectivity index (χ0) is 17.5. The van der Waals surface area contributed by atoms with Gasteiger partial charge in [-0.1, -0.05) is 35.3 Å². The summed E-state index contributed by atoms with van der Waals surface area (Å²) in [5.41, 5.74) is 2.10. The molecule has 0 fully saturated rings. The summed E-state index contributed by atoms with van der Waals surface area (Å²) >= 11 is 12.1. The van der Waals surface area contributed by atoms with Gasteiger partial charge in [0.25, 0.3) is 0 Å². The number of rotatable bonds is 6. The molecule has 0 radical (unpaired) electrons. The Labute approximate surface area is 175 Å². The summed E-state index contributed by atoms with van der Waals surface area (Å²) in [6, 6.07) is 9.82. The smallest absolute Gasteiger partial charge is 0.191 e. The number of halogens is 3. The van der Waals surface area contributed by atoms with Crippen LogP contribution in [0, 0.1) is 0 Å². The van der Waals surface area contributed by atoms with Gasteiger partial charge in [-0.3, -0.25) is 4.99 Å². The molecule has 0 aliphatic rings. The molecule has 5 nitrogen and oxygen atoms in total. The van der Waals surface area contributed by atoms with E-state index in [9.17, 15) is 0 Å². The number of benzene rings is 1. The highest BCUT2D eigenvalue weighted by Gasteiger charge is 2.09. The fourth-order valence-electron chi connectivity index (χ4n) is 2.25. The number of ether oxygens (including phenoxy) is 1. The predicted octanol–water partition coefficient (Wildman–Crippen LogP) is 4.21. The Morgan fingerprint density at radius 1 is 1.20 bits per heavy atom. The lowest BCUT2D eigenvalue weighted by Crippen LogP contribution is -2.36. The highest BCUT2D eigenvalue weighted by Crippen LogP contribution is 2.24. The molecule has 0 saturated heterocycles. The van der Waals surface area contributed by atoms with E-state index in [0.717, 1.165) is 17.0 Å². The lowest BCUT2D eigenvalue weighted by Gasteiger charge is -2.13. The Morgan fingerprint density at radius 2 is 1.92 bits per heavy atom. The molecule has 0 aliphatic carbocycles. The lowest BCUT2D eigenvalue weighted by atomic mass is 10.2. The van der Waals surface area contributed by atoms with Gasteiger partial charge < -0.3 is 19.9 Å². The van der Waals surface area contributed by atoms with Crippen LogP contribution in [-0.4, -0.2) is 24.2 Å². The van der Waals surface area contributed by atoms with Crippen molar-refractivity contribution in [2.24, 2.45) is 12.0 Å². The maximum Gasteiger partial charge on any atom is 0.191 e. The molecule has 0 bridgehead atoms. The first-order valence-electron chi connectivity index (χ1n) is 7.71. The van der Waals surface area contributed by atoms with Gasteiger partial charge in [0.15, 0.2) is 5.96 Å². The van der Waals surface area contributed by atoms with Gasteiger partial charge in [0.1, 0.15) is 10.9 Å². The van der Waals surface area contributed by atoms with E-state index in [4.69, 9.17) is 27.9 Å². The molecule has 1 aromatic carbocycles. The van der Waals surface area contributed by atoms with Crippen molar-refractivity contribution >= 4 is 53.1 Å². The fourth-order valence-corrected chi connectivity index (χ4v) is 2.67. The zero-order valence-electron chi connectivity index (χ0n) is 14.5. The van der Waals surface area contributed by atoms with E-state index in [1.807, 2.05) is 48.9 Å². The highest BCUT2D eigenvalue weighted by atomic mass is 127. The van der Waals surface area contributed by atoms with E-state index in [1.54, 1.807) is 7.05 Å². The molecule has 0 amide bonds. The second kappa shape index (κ2) is 10.8. The van der Waals surface area contributed by atoms with Gasteiger partial charge in [-0.2, -0.15) is 0 Å². The van der Waals surface area contributed by atoms with E-state index in [0.29, 0.717) is 35.8 Å². The van der Waals surface area contributed by atoms with Crippen LogP contribution in [0.1, 0.15) is 18.2 Å². The summed E-state index contributed by atoms with van der Waals surface area (Å²) < 4.78 is 7.35. The first kappa shape index (κ1) is 21.9. The Balaban J connectivity index is 0.00000312. The molecule has 8 heteroatoms. The van der Waals surface area contributed by atoms with Crippen molar-refractivity contribution < 1.29 is 4.74 Å². The second-order valence-corrected chi connectivity index (χ2v) is 5.96. The standard InChI is InChI=1S/C17H22Cl2N4O.HI/c1-4-24-14-7-5-6-12(8-14)10-21-17(20-2)22-11-13-9-15(18)16(19)23(13)3;/h5-9H,4,10-11H2,1-3H3,(H2,20,21,22);1H. The number of nitrogens with zero attached hydrogens (tertiary/aromatic N) is 2. The minimum absolute atomic E-state index is 0. The first-order chi connectivity index (χ1) is 11.5. The molecular weight excluding hydrogens is 474 g/mol. The maximum atomic E-state index is 6.07. The fraction of sp³-hybridized carbons (Fsp3) is 0.353. The van der Waals surface area contributed by atoms with Crippen LogP contribution in [0.5, 0.6) is 5.75 Å². The molecule has 2 aromatic rings. The van der Waals surface area contributed by atoms with Crippen molar-refractivity contribution in [2.45, 2.75) is 20.0 Å². The Kier molecular flexibility index (Phi) is 9.45. The van der Waals surface area contributed by atoms with Crippen LogP contribution in [0.4, 0.5) is 0 Å². The van der Waals surface area contributed by atoms with Crippen molar-refractivity contribution in [3.8, 4) is 5.75 Å². The zero-order valence-corrected chi connectivity index (χ0v) is 18.3. The summed E-state index contributed by atoms with van der Waals surface area (Å²) in [4.78, 5) is 4.22. The summed E-state index contributed by atoms with van der Waals surface area (Å²) in [5, 5.41) is 7.60. The SMILES string of the molecule is CCOc1cccc(CNC(=NC)NCc2cc(Cl)c(Cl)n2C)c1.I. The molecule has 0 aliphatic heterocycles.